The first-order chi connectivity index (χ1) is 13.2. The molecule has 2 aromatic carbocycles. The van der Waals surface area contributed by atoms with E-state index in [1.807, 2.05) is 17.8 Å². The van der Waals surface area contributed by atoms with Crippen LogP contribution in [0.4, 0.5) is 0 Å². The molecule has 1 fully saturated rings. The van der Waals surface area contributed by atoms with Crippen molar-refractivity contribution in [3.05, 3.63) is 59.7 Å². The molecule has 27 heavy (non-hydrogen) atoms. The van der Waals surface area contributed by atoms with Crippen LogP contribution in [-0.2, 0) is 0 Å². The number of benzene rings is 2. The van der Waals surface area contributed by atoms with Gasteiger partial charge in [0.1, 0.15) is 0 Å². The molecule has 0 atom stereocenters. The van der Waals surface area contributed by atoms with Crippen molar-refractivity contribution in [2.24, 2.45) is 0 Å². The summed E-state index contributed by atoms with van der Waals surface area (Å²) < 4.78 is 2.21. The number of hydrogen-bond donors (Lipinski definition) is 1. The van der Waals surface area contributed by atoms with Crippen molar-refractivity contribution < 1.29 is 4.90 Å². The van der Waals surface area contributed by atoms with Gasteiger partial charge in [0.15, 0.2) is 11.0 Å². The molecule has 1 aromatic heterocycles. The Balaban J connectivity index is 1.66. The van der Waals surface area contributed by atoms with E-state index in [0.717, 1.165) is 28.0 Å². The van der Waals surface area contributed by atoms with E-state index in [-0.39, 0.29) is 0 Å². The third-order valence-corrected chi connectivity index (χ3v) is 6.34. The Hall–Kier alpha value is -2.11. The van der Waals surface area contributed by atoms with E-state index in [1.165, 1.54) is 43.6 Å². The second kappa shape index (κ2) is 8.28. The Morgan fingerprint density at radius 3 is 2.48 bits per heavy atom. The summed E-state index contributed by atoms with van der Waals surface area (Å²) in [5, 5.41) is 10.1. The van der Waals surface area contributed by atoms with E-state index in [1.54, 1.807) is 4.90 Å². The van der Waals surface area contributed by atoms with Gasteiger partial charge < -0.3 is 4.90 Å². The maximum absolute atomic E-state index is 4.55. The van der Waals surface area contributed by atoms with E-state index < -0.39 is 0 Å². The van der Waals surface area contributed by atoms with Gasteiger partial charge in [0.25, 0.3) is 0 Å². The van der Waals surface area contributed by atoms with E-state index in [2.05, 4.69) is 71.1 Å². The molecule has 0 spiro atoms. The summed E-state index contributed by atoms with van der Waals surface area (Å²) in [4.78, 5) is 1.73. The third-order valence-electron chi connectivity index (χ3n) is 5.41. The molecule has 4 nitrogen and oxygen atoms in total. The van der Waals surface area contributed by atoms with Crippen LogP contribution in [0.3, 0.4) is 0 Å². The van der Waals surface area contributed by atoms with Crippen LogP contribution in [0.25, 0.3) is 17.1 Å². The minimum absolute atomic E-state index is 0.912. The Morgan fingerprint density at radius 2 is 1.74 bits per heavy atom. The monoisotopic (exact) mass is 379 g/mol. The van der Waals surface area contributed by atoms with E-state index in [0.29, 0.717) is 0 Å². The predicted octanol–water partition coefficient (Wildman–Crippen LogP) is 3.32. The van der Waals surface area contributed by atoms with E-state index in [4.69, 9.17) is 0 Å². The van der Waals surface area contributed by atoms with Crippen LogP contribution in [0.1, 0.15) is 24.0 Å². The highest BCUT2D eigenvalue weighted by Gasteiger charge is 2.19. The van der Waals surface area contributed by atoms with Crippen LogP contribution in [0.15, 0.2) is 53.7 Å². The molecule has 4 rings (SSSR count). The summed E-state index contributed by atoms with van der Waals surface area (Å²) >= 11 is 1.82. The molecule has 0 bridgehead atoms. The zero-order valence-electron chi connectivity index (χ0n) is 16.1. The highest BCUT2D eigenvalue weighted by atomic mass is 32.2. The molecule has 0 unspecified atom stereocenters. The minimum atomic E-state index is 0.912. The minimum Gasteiger partial charge on any atom is -0.334 e. The van der Waals surface area contributed by atoms with Crippen molar-refractivity contribution in [1.29, 1.82) is 0 Å². The molecule has 0 saturated carbocycles. The van der Waals surface area contributed by atoms with Crippen molar-refractivity contribution in [1.82, 2.24) is 14.8 Å². The van der Waals surface area contributed by atoms with Crippen molar-refractivity contribution >= 4 is 11.8 Å². The lowest BCUT2D eigenvalue weighted by molar-refractivity contribution is -0.884. The SMILES string of the molecule is Cc1ccc(-n2c(SCC[NH+]3CCCC3)nnc2-c2ccccc2)cc1C. The van der Waals surface area contributed by atoms with Crippen molar-refractivity contribution in [2.75, 3.05) is 25.4 Å². The summed E-state index contributed by atoms with van der Waals surface area (Å²) in [5.74, 6) is 1.99. The molecule has 3 aromatic rings. The molecule has 0 aliphatic carbocycles. The molecule has 1 N–H and O–H groups in total. The number of nitrogens with one attached hydrogen (secondary N) is 1. The molecule has 0 amide bonds. The van der Waals surface area contributed by atoms with Crippen molar-refractivity contribution in [3.8, 4) is 17.1 Å². The summed E-state index contributed by atoms with van der Waals surface area (Å²) in [6, 6.07) is 16.9. The first-order valence-corrected chi connectivity index (χ1v) is 10.8. The number of likely N-dealkylation sites (tertiary alicyclic amines) is 1. The van der Waals surface area contributed by atoms with Gasteiger partial charge in [0.05, 0.1) is 31.1 Å². The van der Waals surface area contributed by atoms with E-state index >= 15 is 0 Å². The van der Waals surface area contributed by atoms with Crippen LogP contribution in [0.5, 0.6) is 0 Å². The topological polar surface area (TPSA) is 35.2 Å². The maximum Gasteiger partial charge on any atom is 0.196 e. The van der Waals surface area contributed by atoms with Crippen molar-refractivity contribution in [3.63, 3.8) is 0 Å². The van der Waals surface area contributed by atoms with Gasteiger partial charge in [0.2, 0.25) is 0 Å². The average molecular weight is 380 g/mol. The van der Waals surface area contributed by atoms with E-state index in [9.17, 15) is 0 Å². The predicted molar refractivity (Wildman–Crippen MR) is 112 cm³/mol. The number of aromatic nitrogens is 3. The number of aryl methyl sites for hydroxylation is 2. The van der Waals surface area contributed by atoms with Gasteiger partial charge in [-0.2, -0.15) is 0 Å². The first-order valence-electron chi connectivity index (χ1n) is 9.77. The highest BCUT2D eigenvalue weighted by Crippen LogP contribution is 2.28. The molecule has 2 heterocycles. The molecule has 1 aliphatic rings. The fraction of sp³-hybridized carbons (Fsp3) is 0.364. The standard InChI is InChI=1S/C22H26N4S/c1-17-10-11-20(16-18(17)2)26-21(19-8-4-3-5-9-19)23-24-22(26)27-15-14-25-12-6-7-13-25/h3-5,8-11,16H,6-7,12-15H2,1-2H3/p+1. The zero-order chi connectivity index (χ0) is 18.6. The lowest BCUT2D eigenvalue weighted by Crippen LogP contribution is -3.10. The lowest BCUT2D eigenvalue weighted by atomic mass is 10.1. The Kier molecular flexibility index (Phi) is 5.60. The summed E-state index contributed by atoms with van der Waals surface area (Å²) in [7, 11) is 0. The molecule has 1 saturated heterocycles. The van der Waals surface area contributed by atoms with Crippen LogP contribution in [0.2, 0.25) is 0 Å². The maximum atomic E-state index is 4.55. The Morgan fingerprint density at radius 1 is 0.963 bits per heavy atom. The van der Waals surface area contributed by atoms with Crippen LogP contribution < -0.4 is 4.90 Å². The molecule has 1 aliphatic heterocycles. The number of rotatable bonds is 6. The number of thioether (sulfide) groups is 1. The largest absolute Gasteiger partial charge is 0.334 e. The van der Waals surface area contributed by atoms with Crippen LogP contribution in [-0.4, -0.2) is 40.2 Å². The Labute approximate surface area is 165 Å². The number of hydrogen-bond acceptors (Lipinski definition) is 3. The summed E-state index contributed by atoms with van der Waals surface area (Å²) in [6.07, 6.45) is 2.74. The second-order valence-electron chi connectivity index (χ2n) is 7.33. The van der Waals surface area contributed by atoms with Gasteiger partial charge in [-0.1, -0.05) is 48.2 Å². The normalized spacial score (nSPS) is 14.7. The lowest BCUT2D eigenvalue weighted by Gasteiger charge is -2.13. The molecular weight excluding hydrogens is 352 g/mol. The smallest absolute Gasteiger partial charge is 0.196 e. The first kappa shape index (κ1) is 18.3. The average Bonchev–Trinajstić information content (AvgIpc) is 3.35. The third kappa shape index (κ3) is 4.09. The van der Waals surface area contributed by atoms with Gasteiger partial charge in [-0.3, -0.25) is 4.57 Å². The van der Waals surface area contributed by atoms with Gasteiger partial charge in [-0.15, -0.1) is 10.2 Å². The molecule has 0 radical (unpaired) electrons. The summed E-state index contributed by atoms with van der Waals surface area (Å²) in [5.41, 5.74) is 4.83. The fourth-order valence-corrected chi connectivity index (χ4v) is 4.64. The van der Waals surface area contributed by atoms with Gasteiger partial charge >= 0.3 is 0 Å². The van der Waals surface area contributed by atoms with Crippen molar-refractivity contribution in [2.45, 2.75) is 31.8 Å². The molecule has 140 valence electrons. The van der Waals surface area contributed by atoms with Gasteiger partial charge in [-0.25, -0.2) is 0 Å². The summed E-state index contributed by atoms with van der Waals surface area (Å²) in [6.45, 7) is 8.15. The van der Waals surface area contributed by atoms with Gasteiger partial charge in [0, 0.05) is 18.4 Å². The molecular formula is C22H27N4S+. The number of quaternary nitrogens is 1. The second-order valence-corrected chi connectivity index (χ2v) is 8.39. The Bertz CT molecular complexity index is 898. The highest BCUT2D eigenvalue weighted by molar-refractivity contribution is 7.99. The quantitative estimate of drug-likeness (QED) is 0.668. The van der Waals surface area contributed by atoms with Gasteiger partial charge in [-0.05, 0) is 37.1 Å². The molecule has 5 heteroatoms. The zero-order valence-corrected chi connectivity index (χ0v) is 16.9. The fourth-order valence-electron chi connectivity index (χ4n) is 3.65. The van der Waals surface area contributed by atoms with Crippen LogP contribution in [0, 0.1) is 13.8 Å². The van der Waals surface area contributed by atoms with Crippen LogP contribution >= 0.6 is 11.8 Å². The number of nitrogens with zero attached hydrogens (tertiary/aromatic N) is 3.